The van der Waals surface area contributed by atoms with Gasteiger partial charge in [0.25, 0.3) is 0 Å². The Morgan fingerprint density at radius 2 is 1.32 bits per heavy atom. The molecule has 6 heteroatoms. The molecule has 0 amide bonds. The molecule has 0 fully saturated rings. The van der Waals surface area contributed by atoms with Crippen molar-refractivity contribution < 1.29 is 91.5 Å². The van der Waals surface area contributed by atoms with Crippen LogP contribution in [0.5, 0.6) is 0 Å². The first-order valence-electron chi connectivity index (χ1n) is 9.15. The van der Waals surface area contributed by atoms with Crippen LogP contribution in [0.4, 0.5) is 0 Å². The molecule has 0 aromatic carbocycles. The molecular weight excluding hydrogens is 338 g/mol. The van der Waals surface area contributed by atoms with Gasteiger partial charge in [0, 0.05) is 0 Å². The average molecular weight is 377 g/mol. The van der Waals surface area contributed by atoms with Gasteiger partial charge in [-0.15, -0.1) is 0 Å². The summed E-state index contributed by atoms with van der Waals surface area (Å²) in [6, 6.07) is 0. The number of carboxylic acids is 2. The van der Waals surface area contributed by atoms with Crippen LogP contribution in [0.3, 0.4) is 0 Å². The van der Waals surface area contributed by atoms with Crippen molar-refractivity contribution in [3.63, 3.8) is 0 Å². The van der Waals surface area contributed by atoms with E-state index in [0.717, 1.165) is 5.92 Å². The fourth-order valence-electron chi connectivity index (χ4n) is 2.63. The van der Waals surface area contributed by atoms with Gasteiger partial charge in [-0.25, -0.2) is 0 Å². The molecule has 2 N–H and O–H groups in total. The molecule has 0 saturated heterocycles. The molecule has 4 nitrogen and oxygen atoms in total. The SMILES string of the molecule is O=C(O)CC(=O)O.[CH2-]C(CCCCCC)C(CC)CCCCC.[H-].[K+].[Li+]. The predicted molar refractivity (Wildman–Crippen MR) is 96.5 cm³/mol. The minimum Gasteiger partial charge on any atom is -1.00 e. The summed E-state index contributed by atoms with van der Waals surface area (Å²) in [6.07, 6.45) is 13.0. The minimum absolute atomic E-state index is 0. The van der Waals surface area contributed by atoms with Crippen LogP contribution in [0.25, 0.3) is 0 Å². The van der Waals surface area contributed by atoms with E-state index in [9.17, 15) is 9.59 Å². The van der Waals surface area contributed by atoms with Crippen LogP contribution in [-0.2, 0) is 9.59 Å². The Morgan fingerprint density at radius 1 is 0.880 bits per heavy atom. The summed E-state index contributed by atoms with van der Waals surface area (Å²) in [4.78, 5) is 18.9. The second-order valence-corrected chi connectivity index (χ2v) is 6.24. The first kappa shape index (κ1) is 33.7. The first-order valence-corrected chi connectivity index (χ1v) is 9.15. The second kappa shape index (κ2) is 25.2. The zero-order valence-electron chi connectivity index (χ0n) is 18.4. The number of hydrogen-bond donors (Lipinski definition) is 2. The Labute approximate surface area is 211 Å². The summed E-state index contributed by atoms with van der Waals surface area (Å²) in [5.41, 5.74) is 0. The fraction of sp³-hybridized carbons (Fsp3) is 0.842. The van der Waals surface area contributed by atoms with E-state index in [0.29, 0.717) is 5.92 Å². The van der Waals surface area contributed by atoms with Crippen LogP contribution in [0.1, 0.15) is 92.8 Å². The van der Waals surface area contributed by atoms with Gasteiger partial charge in [-0.1, -0.05) is 90.9 Å². The molecule has 0 aliphatic heterocycles. The van der Waals surface area contributed by atoms with Crippen LogP contribution < -0.4 is 70.2 Å². The van der Waals surface area contributed by atoms with Crippen molar-refractivity contribution in [2.45, 2.75) is 91.4 Å². The van der Waals surface area contributed by atoms with Crippen molar-refractivity contribution >= 4 is 11.9 Å². The minimum atomic E-state index is -1.31. The molecule has 0 aliphatic carbocycles. The molecule has 0 aromatic heterocycles. The van der Waals surface area contributed by atoms with Gasteiger partial charge in [-0.05, 0) is 0 Å². The van der Waals surface area contributed by atoms with Gasteiger partial charge >= 0.3 is 82.2 Å². The summed E-state index contributed by atoms with van der Waals surface area (Å²) < 4.78 is 0. The summed E-state index contributed by atoms with van der Waals surface area (Å²) in [5, 5.41) is 15.4. The van der Waals surface area contributed by atoms with Crippen molar-refractivity contribution in [3.05, 3.63) is 6.92 Å². The van der Waals surface area contributed by atoms with Gasteiger partial charge in [0.05, 0.1) is 0 Å². The maximum atomic E-state index is 9.43. The maximum Gasteiger partial charge on any atom is 1.00 e. The van der Waals surface area contributed by atoms with E-state index in [-0.39, 0.29) is 71.7 Å². The molecule has 0 saturated carbocycles. The molecule has 25 heavy (non-hydrogen) atoms. The van der Waals surface area contributed by atoms with E-state index in [1.165, 1.54) is 64.2 Å². The number of carbonyl (C=O) groups is 2. The first-order chi connectivity index (χ1) is 10.9. The zero-order chi connectivity index (χ0) is 18.1. The summed E-state index contributed by atoms with van der Waals surface area (Å²) in [6.45, 7) is 11.3. The molecule has 2 unspecified atom stereocenters. The van der Waals surface area contributed by atoms with E-state index in [2.05, 4.69) is 27.7 Å². The molecule has 0 aromatic rings. The van der Waals surface area contributed by atoms with Gasteiger partial charge in [0.2, 0.25) is 0 Å². The zero-order valence-corrected chi connectivity index (χ0v) is 20.5. The number of carboxylic acid groups (broad SMARTS) is 2. The fourth-order valence-corrected chi connectivity index (χ4v) is 2.63. The maximum absolute atomic E-state index is 9.43. The van der Waals surface area contributed by atoms with Gasteiger partial charge in [0.1, 0.15) is 6.42 Å². The number of hydrogen-bond acceptors (Lipinski definition) is 2. The van der Waals surface area contributed by atoms with E-state index < -0.39 is 18.4 Å². The quantitative estimate of drug-likeness (QED) is 0.200. The molecule has 2 atom stereocenters. The third kappa shape index (κ3) is 27.5. The Bertz CT molecular complexity index is 295. The van der Waals surface area contributed by atoms with E-state index in [4.69, 9.17) is 10.2 Å². The second-order valence-electron chi connectivity index (χ2n) is 6.24. The van der Waals surface area contributed by atoms with Crippen molar-refractivity contribution in [1.82, 2.24) is 0 Å². The van der Waals surface area contributed by atoms with Crippen LogP contribution in [-0.4, -0.2) is 22.2 Å². The van der Waals surface area contributed by atoms with E-state index in [1.54, 1.807) is 0 Å². The molecular formula is C19H38KLiO4. The van der Waals surface area contributed by atoms with E-state index >= 15 is 0 Å². The van der Waals surface area contributed by atoms with Gasteiger partial charge < -0.3 is 18.6 Å². The van der Waals surface area contributed by atoms with Gasteiger partial charge in [-0.3, -0.25) is 9.59 Å². The normalized spacial score (nSPS) is 11.8. The smallest absolute Gasteiger partial charge is 1.00 e. The molecule has 0 rings (SSSR count). The third-order valence-corrected chi connectivity index (χ3v) is 4.10. The Kier molecular flexibility index (Phi) is 34.0. The molecule has 0 aliphatic rings. The Balaban J connectivity index is -0.000000127. The molecule has 0 heterocycles. The Hall–Kier alpha value is 1.17. The van der Waals surface area contributed by atoms with Gasteiger partial charge in [-0.2, -0.15) is 5.92 Å². The van der Waals surface area contributed by atoms with E-state index in [1.807, 2.05) is 0 Å². The van der Waals surface area contributed by atoms with Crippen molar-refractivity contribution in [2.75, 3.05) is 0 Å². The summed E-state index contributed by atoms with van der Waals surface area (Å²) >= 11 is 0. The van der Waals surface area contributed by atoms with Crippen LogP contribution >= 0.6 is 0 Å². The largest absolute Gasteiger partial charge is 1.00 e. The average Bonchev–Trinajstić information content (AvgIpc) is 2.47. The van der Waals surface area contributed by atoms with Crippen molar-refractivity contribution in [1.29, 1.82) is 0 Å². The molecule has 0 radical (unpaired) electrons. The number of unbranched alkanes of at least 4 members (excludes halogenated alkanes) is 5. The van der Waals surface area contributed by atoms with Crippen molar-refractivity contribution in [3.8, 4) is 0 Å². The summed E-state index contributed by atoms with van der Waals surface area (Å²) in [7, 11) is 0. The summed E-state index contributed by atoms with van der Waals surface area (Å²) in [5.74, 6) is -1.04. The topological polar surface area (TPSA) is 74.6 Å². The molecule has 0 bridgehead atoms. The Morgan fingerprint density at radius 3 is 1.68 bits per heavy atom. The van der Waals surface area contributed by atoms with Crippen LogP contribution in [0.15, 0.2) is 0 Å². The standard InChI is InChI=1S/C16H33.C3H4O4.K.Li.H/c1-5-8-10-12-13-15(4)16(7-3)14-11-9-6-2;4-2(5)1-3(6)7;;;/h15-16H,4-14H2,1-3H3;1H2,(H,4,5)(H,6,7);;;/q-1;;2*+1;-1. The van der Waals surface area contributed by atoms with Gasteiger partial charge in [0.15, 0.2) is 0 Å². The van der Waals surface area contributed by atoms with Crippen LogP contribution in [0, 0.1) is 18.8 Å². The monoisotopic (exact) mass is 376 g/mol. The van der Waals surface area contributed by atoms with Crippen LogP contribution in [0.2, 0.25) is 0 Å². The number of rotatable bonds is 13. The van der Waals surface area contributed by atoms with Crippen molar-refractivity contribution in [2.24, 2.45) is 11.8 Å². The molecule has 140 valence electrons. The third-order valence-electron chi connectivity index (χ3n) is 4.10. The molecule has 0 spiro atoms. The number of aliphatic carboxylic acids is 2. The predicted octanol–water partition coefficient (Wildman–Crippen LogP) is -0.320.